The third kappa shape index (κ3) is 4.03. The number of hydrogen-bond donors (Lipinski definition) is 2. The zero-order chi connectivity index (χ0) is 24.7. The van der Waals surface area contributed by atoms with Crippen LogP contribution in [0.15, 0.2) is 30.3 Å². The van der Waals surface area contributed by atoms with Gasteiger partial charge in [-0.05, 0) is 29.8 Å². The number of halogens is 4. The highest BCUT2D eigenvalue weighted by Gasteiger charge is 2.23. The molecule has 9 nitrogen and oxygen atoms in total. The fourth-order valence-electron chi connectivity index (χ4n) is 3.50. The van der Waals surface area contributed by atoms with Crippen LogP contribution in [0.25, 0.3) is 16.9 Å². The summed E-state index contributed by atoms with van der Waals surface area (Å²) in [5.41, 5.74) is 12.6. The normalized spacial score (nSPS) is 11.1. The third-order valence-corrected chi connectivity index (χ3v) is 5.28. The number of hydrogen-bond acceptors (Lipinski definition) is 7. The van der Waals surface area contributed by atoms with Crippen LogP contribution in [-0.2, 0) is 11.2 Å². The van der Waals surface area contributed by atoms with E-state index in [1.165, 1.54) is 18.8 Å². The molecule has 1 amide bonds. The molecule has 2 aromatic heterocycles. The molecule has 0 radical (unpaired) electrons. The van der Waals surface area contributed by atoms with Gasteiger partial charge in [0, 0.05) is 29.9 Å². The smallest absolute Gasteiger partial charge is 0.413 e. The molecule has 4 N–H and O–H groups in total. The van der Waals surface area contributed by atoms with Crippen molar-refractivity contribution >= 4 is 45.9 Å². The predicted molar refractivity (Wildman–Crippen MR) is 120 cm³/mol. The van der Waals surface area contributed by atoms with Gasteiger partial charge in [0.15, 0.2) is 23.3 Å². The Labute approximate surface area is 195 Å². The fraction of sp³-hybridized carbons (Fsp3) is 0.143. The first-order valence-electron chi connectivity index (χ1n) is 9.66. The summed E-state index contributed by atoms with van der Waals surface area (Å²) in [6.07, 6.45) is -0.987. The van der Waals surface area contributed by atoms with E-state index in [-0.39, 0.29) is 40.9 Å². The Morgan fingerprint density at radius 2 is 1.82 bits per heavy atom. The molecule has 0 aliphatic rings. The molecular formula is C21H17ClF3N7O2. The number of nitrogens with zero attached hydrogens (tertiary/aromatic N) is 5. The van der Waals surface area contributed by atoms with Gasteiger partial charge in [-0.1, -0.05) is 11.6 Å². The highest BCUT2D eigenvalue weighted by atomic mass is 35.5. The van der Waals surface area contributed by atoms with Gasteiger partial charge in [-0.25, -0.2) is 18.0 Å². The topological polar surface area (TPSA) is 125 Å². The molecule has 2 heterocycles. The van der Waals surface area contributed by atoms with Crippen LogP contribution in [0, 0.1) is 17.5 Å². The molecule has 0 aliphatic carbocycles. The molecule has 176 valence electrons. The minimum Gasteiger partial charge on any atom is -0.452 e. The van der Waals surface area contributed by atoms with Crippen molar-refractivity contribution in [1.82, 2.24) is 19.7 Å². The Balaban J connectivity index is 1.86. The lowest BCUT2D eigenvalue weighted by molar-refractivity contribution is 0.180. The summed E-state index contributed by atoms with van der Waals surface area (Å²) in [4.78, 5) is 21.3. The Morgan fingerprint density at radius 3 is 2.47 bits per heavy atom. The number of aromatic nitrogens is 4. The number of benzene rings is 2. The van der Waals surface area contributed by atoms with Crippen LogP contribution in [-0.4, -0.2) is 40.0 Å². The average molecular weight is 492 g/mol. The van der Waals surface area contributed by atoms with Gasteiger partial charge < -0.3 is 16.2 Å². The lowest BCUT2D eigenvalue weighted by atomic mass is 10.1. The second-order valence-corrected chi connectivity index (χ2v) is 7.67. The van der Waals surface area contributed by atoms with Crippen LogP contribution in [0.5, 0.6) is 0 Å². The third-order valence-electron chi connectivity index (χ3n) is 5.04. The Morgan fingerprint density at radius 1 is 1.15 bits per heavy atom. The second kappa shape index (κ2) is 8.71. The van der Waals surface area contributed by atoms with Crippen molar-refractivity contribution in [1.29, 1.82) is 0 Å². The predicted octanol–water partition coefficient (Wildman–Crippen LogP) is 3.84. The van der Waals surface area contributed by atoms with E-state index in [0.29, 0.717) is 22.0 Å². The maximum atomic E-state index is 14.3. The number of nitrogens with two attached hydrogens (primary N) is 2. The molecule has 0 spiro atoms. The molecule has 34 heavy (non-hydrogen) atoms. The van der Waals surface area contributed by atoms with Crippen molar-refractivity contribution in [3.63, 3.8) is 0 Å². The summed E-state index contributed by atoms with van der Waals surface area (Å²) in [5.74, 6) is -3.75. The number of nitrogen functional groups attached to an aromatic ring is 2. The average Bonchev–Trinajstić information content (AvgIpc) is 3.13. The van der Waals surface area contributed by atoms with Crippen LogP contribution in [0.3, 0.4) is 0 Å². The summed E-state index contributed by atoms with van der Waals surface area (Å²) in [6.45, 7) is 0. The maximum absolute atomic E-state index is 14.3. The minimum absolute atomic E-state index is 0.0348. The zero-order valence-electron chi connectivity index (χ0n) is 17.8. The SMILES string of the molecule is COC(=O)N(C)c1c(N)nc(-n2nc(Cc3cc(F)cc(F)c3F)c3cc(Cl)ccc32)nc1N. The van der Waals surface area contributed by atoms with Gasteiger partial charge in [-0.2, -0.15) is 19.7 Å². The van der Waals surface area contributed by atoms with Gasteiger partial charge >= 0.3 is 6.09 Å². The van der Waals surface area contributed by atoms with Crippen molar-refractivity contribution in [3.8, 4) is 5.95 Å². The molecule has 0 unspecified atom stereocenters. The summed E-state index contributed by atoms with van der Waals surface area (Å²) in [5, 5.41) is 5.23. The van der Waals surface area contributed by atoms with Gasteiger partial charge in [0.2, 0.25) is 0 Å². The monoisotopic (exact) mass is 491 g/mol. The number of methoxy groups -OCH3 is 1. The number of anilines is 3. The van der Waals surface area contributed by atoms with Crippen molar-refractivity contribution in [3.05, 3.63) is 64.1 Å². The van der Waals surface area contributed by atoms with Crippen molar-refractivity contribution in [2.45, 2.75) is 6.42 Å². The van der Waals surface area contributed by atoms with Gasteiger partial charge in [0.25, 0.3) is 5.95 Å². The molecule has 0 fully saturated rings. The molecule has 13 heteroatoms. The maximum Gasteiger partial charge on any atom is 0.413 e. The van der Waals surface area contributed by atoms with Gasteiger partial charge in [0.1, 0.15) is 11.5 Å². The Kier molecular flexibility index (Phi) is 5.92. The van der Waals surface area contributed by atoms with E-state index in [1.807, 2.05) is 0 Å². The van der Waals surface area contributed by atoms with Gasteiger partial charge in [-0.3, -0.25) is 4.90 Å². The summed E-state index contributed by atoms with van der Waals surface area (Å²) in [6, 6.07) is 6.10. The quantitative estimate of drug-likeness (QED) is 0.415. The van der Waals surface area contributed by atoms with Gasteiger partial charge in [-0.15, -0.1) is 0 Å². The summed E-state index contributed by atoms with van der Waals surface area (Å²) >= 11 is 6.13. The fourth-order valence-corrected chi connectivity index (χ4v) is 3.67. The van der Waals surface area contributed by atoms with E-state index in [4.69, 9.17) is 23.1 Å². The van der Waals surface area contributed by atoms with Crippen LogP contribution in [0.1, 0.15) is 11.3 Å². The first-order chi connectivity index (χ1) is 16.1. The zero-order valence-corrected chi connectivity index (χ0v) is 18.6. The molecule has 0 saturated carbocycles. The minimum atomic E-state index is -1.31. The molecule has 0 aliphatic heterocycles. The first kappa shape index (κ1) is 23.1. The van der Waals surface area contributed by atoms with Gasteiger partial charge in [0.05, 0.1) is 18.3 Å². The van der Waals surface area contributed by atoms with Crippen LogP contribution in [0.4, 0.5) is 35.3 Å². The number of carbonyl (C=O) groups is 1. The highest BCUT2D eigenvalue weighted by molar-refractivity contribution is 6.31. The first-order valence-corrected chi connectivity index (χ1v) is 10.0. The van der Waals surface area contributed by atoms with E-state index in [0.717, 1.165) is 11.0 Å². The number of rotatable bonds is 4. The number of ether oxygens (including phenoxy) is 1. The van der Waals surface area contributed by atoms with Crippen molar-refractivity contribution in [2.75, 3.05) is 30.5 Å². The summed E-state index contributed by atoms with van der Waals surface area (Å²) in [7, 11) is 2.57. The van der Waals surface area contributed by atoms with E-state index in [2.05, 4.69) is 19.8 Å². The van der Waals surface area contributed by atoms with E-state index in [1.54, 1.807) is 18.2 Å². The van der Waals surface area contributed by atoms with E-state index >= 15 is 0 Å². The number of fused-ring (bicyclic) bond motifs is 1. The van der Waals surface area contributed by atoms with E-state index in [9.17, 15) is 18.0 Å². The summed E-state index contributed by atoms with van der Waals surface area (Å²) < 4.78 is 47.6. The largest absolute Gasteiger partial charge is 0.452 e. The molecule has 4 aromatic rings. The van der Waals surface area contributed by atoms with Crippen LogP contribution in [0.2, 0.25) is 5.02 Å². The molecule has 4 rings (SSSR count). The second-order valence-electron chi connectivity index (χ2n) is 7.23. The highest BCUT2D eigenvalue weighted by Crippen LogP contribution is 2.31. The molecule has 0 atom stereocenters. The van der Waals surface area contributed by atoms with E-state index < -0.39 is 23.5 Å². The number of carbonyl (C=O) groups excluding carboxylic acids is 1. The van der Waals surface area contributed by atoms with Crippen LogP contribution >= 0.6 is 11.6 Å². The lowest BCUT2D eigenvalue weighted by Crippen LogP contribution is -2.28. The molecule has 2 aromatic carbocycles. The van der Waals surface area contributed by atoms with Crippen molar-refractivity contribution in [2.24, 2.45) is 0 Å². The Hall–Kier alpha value is -4.06. The lowest BCUT2D eigenvalue weighted by Gasteiger charge is -2.18. The molecular weight excluding hydrogens is 475 g/mol. The van der Waals surface area contributed by atoms with Crippen molar-refractivity contribution < 1.29 is 22.7 Å². The van der Waals surface area contributed by atoms with Crippen LogP contribution < -0.4 is 16.4 Å². The molecule has 0 saturated heterocycles. The number of amides is 1. The Bertz CT molecular complexity index is 1420. The molecule has 0 bridgehead atoms. The standard InChI is InChI=1S/C21H17ClF3N7O2/c1-31(21(33)34-2)17-18(26)28-20(29-19(17)27)32-15-4-3-10(22)7-12(15)14(30-32)6-9-5-11(23)8-13(24)16(9)25/h3-5,7-8H,6H2,1-2H3,(H4,26,27,28,29).